The predicted octanol–water partition coefficient (Wildman–Crippen LogP) is 5.97. The quantitative estimate of drug-likeness (QED) is 0.269. The molecule has 2 amide bonds. The van der Waals surface area contributed by atoms with E-state index in [9.17, 15) is 18.0 Å². The third kappa shape index (κ3) is 8.86. The first-order valence-electron chi connectivity index (χ1n) is 12.7. The number of rotatable bonds is 12. The van der Waals surface area contributed by atoms with Gasteiger partial charge in [0.05, 0.1) is 17.0 Å². The van der Waals surface area contributed by atoms with Gasteiger partial charge in [-0.3, -0.25) is 13.9 Å². The third-order valence-corrected chi connectivity index (χ3v) is 8.33. The Morgan fingerprint density at radius 2 is 1.52 bits per heavy atom. The number of nitrogens with one attached hydrogen (secondary N) is 1. The molecule has 0 heterocycles. The Bertz CT molecular complexity index is 1420. The zero-order chi connectivity index (χ0) is 29.4. The average Bonchev–Trinajstić information content (AvgIpc) is 2.91. The highest BCUT2D eigenvalue weighted by atomic mass is 35.5. The standard InChI is InChI=1S/C29H32Cl3N3O4S/c1-4-20(2)33-29(37)27(16-21-8-6-5-7-9-21)34(18-22-10-12-23(30)13-11-22)28(36)19-35(40(3,38)39)26-17-24(31)14-15-25(26)32/h5-15,17,20,27H,4,16,18-19H2,1-3H3,(H,33,37). The van der Waals surface area contributed by atoms with E-state index < -0.39 is 28.5 Å². The number of amides is 2. The van der Waals surface area contributed by atoms with Crippen molar-refractivity contribution in [1.82, 2.24) is 10.2 Å². The van der Waals surface area contributed by atoms with Gasteiger partial charge in [-0.2, -0.15) is 0 Å². The maximum atomic E-state index is 14.1. The summed E-state index contributed by atoms with van der Waals surface area (Å²) in [5, 5.41) is 3.88. The maximum absolute atomic E-state index is 14.1. The fourth-order valence-corrected chi connectivity index (χ4v) is 5.47. The number of anilines is 1. The number of halogens is 3. The lowest BCUT2D eigenvalue weighted by Gasteiger charge is -2.34. The Balaban J connectivity index is 2.08. The summed E-state index contributed by atoms with van der Waals surface area (Å²) in [6.45, 7) is 3.29. The Morgan fingerprint density at radius 3 is 2.12 bits per heavy atom. The minimum Gasteiger partial charge on any atom is -0.352 e. The molecule has 0 spiro atoms. The zero-order valence-electron chi connectivity index (χ0n) is 22.5. The van der Waals surface area contributed by atoms with Crippen LogP contribution in [0, 0.1) is 0 Å². The summed E-state index contributed by atoms with van der Waals surface area (Å²) in [6.07, 6.45) is 1.90. The van der Waals surface area contributed by atoms with Crippen LogP contribution in [0.25, 0.3) is 0 Å². The summed E-state index contributed by atoms with van der Waals surface area (Å²) in [5.74, 6) is -0.927. The van der Waals surface area contributed by atoms with Gasteiger partial charge >= 0.3 is 0 Å². The zero-order valence-corrected chi connectivity index (χ0v) is 25.6. The molecule has 2 unspecified atom stereocenters. The lowest BCUT2D eigenvalue weighted by atomic mass is 10.0. The normalized spacial score (nSPS) is 12.8. The van der Waals surface area contributed by atoms with E-state index in [4.69, 9.17) is 34.8 Å². The van der Waals surface area contributed by atoms with E-state index in [-0.39, 0.29) is 40.6 Å². The Hall–Kier alpha value is -2.78. The van der Waals surface area contributed by atoms with Crippen LogP contribution in [0.5, 0.6) is 0 Å². The van der Waals surface area contributed by atoms with Gasteiger partial charge in [0.2, 0.25) is 21.8 Å². The van der Waals surface area contributed by atoms with Gasteiger partial charge in [-0.25, -0.2) is 8.42 Å². The average molecular weight is 625 g/mol. The molecule has 0 fully saturated rings. The van der Waals surface area contributed by atoms with Crippen molar-refractivity contribution in [2.24, 2.45) is 0 Å². The van der Waals surface area contributed by atoms with Crippen LogP contribution in [0.1, 0.15) is 31.4 Å². The van der Waals surface area contributed by atoms with E-state index >= 15 is 0 Å². The molecular formula is C29H32Cl3N3O4S. The summed E-state index contributed by atoms with van der Waals surface area (Å²) >= 11 is 18.5. The van der Waals surface area contributed by atoms with Crippen molar-refractivity contribution in [2.75, 3.05) is 17.1 Å². The number of carbonyl (C=O) groups is 2. The van der Waals surface area contributed by atoms with E-state index in [1.807, 2.05) is 44.2 Å². The molecule has 0 radical (unpaired) electrons. The van der Waals surface area contributed by atoms with Gasteiger partial charge in [-0.1, -0.05) is 84.2 Å². The van der Waals surface area contributed by atoms with Crippen LogP contribution in [0.2, 0.25) is 15.1 Å². The monoisotopic (exact) mass is 623 g/mol. The maximum Gasteiger partial charge on any atom is 0.244 e. The third-order valence-electron chi connectivity index (χ3n) is 6.39. The van der Waals surface area contributed by atoms with Gasteiger partial charge in [0.25, 0.3) is 0 Å². The summed E-state index contributed by atoms with van der Waals surface area (Å²) in [7, 11) is -3.97. The van der Waals surface area contributed by atoms with Crippen LogP contribution in [0.4, 0.5) is 5.69 Å². The molecule has 2 atom stereocenters. The van der Waals surface area contributed by atoms with Crippen molar-refractivity contribution in [1.29, 1.82) is 0 Å². The van der Waals surface area contributed by atoms with Crippen molar-refractivity contribution >= 4 is 62.3 Å². The minimum absolute atomic E-state index is 0.0440. The molecule has 11 heteroatoms. The van der Waals surface area contributed by atoms with Crippen LogP contribution >= 0.6 is 34.8 Å². The van der Waals surface area contributed by atoms with Crippen molar-refractivity contribution in [3.8, 4) is 0 Å². The van der Waals surface area contributed by atoms with Crippen molar-refractivity contribution in [3.05, 3.63) is 99.0 Å². The summed E-state index contributed by atoms with van der Waals surface area (Å²) in [4.78, 5) is 29.1. The van der Waals surface area contributed by atoms with Crippen LogP contribution < -0.4 is 9.62 Å². The molecule has 0 bridgehead atoms. The van der Waals surface area contributed by atoms with Crippen LogP contribution in [-0.2, 0) is 32.6 Å². The lowest BCUT2D eigenvalue weighted by molar-refractivity contribution is -0.140. The largest absolute Gasteiger partial charge is 0.352 e. The molecule has 0 saturated carbocycles. The number of hydrogen-bond donors (Lipinski definition) is 1. The van der Waals surface area contributed by atoms with Crippen molar-refractivity contribution in [2.45, 2.75) is 45.3 Å². The predicted molar refractivity (Wildman–Crippen MR) is 162 cm³/mol. The molecule has 3 rings (SSSR count). The molecule has 3 aromatic carbocycles. The molecule has 0 aromatic heterocycles. The highest BCUT2D eigenvalue weighted by Gasteiger charge is 2.34. The molecule has 1 N–H and O–H groups in total. The molecule has 0 aliphatic rings. The number of benzene rings is 3. The van der Waals surface area contributed by atoms with Crippen LogP contribution in [-0.4, -0.2) is 50.0 Å². The SMILES string of the molecule is CCC(C)NC(=O)C(Cc1ccccc1)N(Cc1ccc(Cl)cc1)C(=O)CN(c1cc(Cl)ccc1Cl)S(C)(=O)=O. The smallest absolute Gasteiger partial charge is 0.244 e. The molecule has 0 aliphatic heterocycles. The van der Waals surface area contributed by atoms with Crippen LogP contribution in [0.15, 0.2) is 72.8 Å². The second-order valence-electron chi connectivity index (χ2n) is 9.54. The number of carbonyl (C=O) groups excluding carboxylic acids is 2. The van der Waals surface area contributed by atoms with E-state index in [1.165, 1.54) is 23.1 Å². The van der Waals surface area contributed by atoms with E-state index in [0.29, 0.717) is 11.4 Å². The Morgan fingerprint density at radius 1 is 0.900 bits per heavy atom. The molecule has 40 heavy (non-hydrogen) atoms. The van der Waals surface area contributed by atoms with E-state index in [0.717, 1.165) is 21.7 Å². The topological polar surface area (TPSA) is 86.8 Å². The van der Waals surface area contributed by atoms with Gasteiger partial charge in [0.15, 0.2) is 0 Å². The highest BCUT2D eigenvalue weighted by Crippen LogP contribution is 2.31. The van der Waals surface area contributed by atoms with Gasteiger partial charge in [-0.05, 0) is 54.8 Å². The minimum atomic E-state index is -3.97. The second kappa shape index (κ2) is 14.2. The molecule has 0 aliphatic carbocycles. The lowest BCUT2D eigenvalue weighted by Crippen LogP contribution is -2.54. The molecule has 214 valence electrons. The number of nitrogens with zero attached hydrogens (tertiary/aromatic N) is 2. The fraction of sp³-hybridized carbons (Fsp3) is 0.310. The molecule has 7 nitrogen and oxygen atoms in total. The Kier molecular flexibility index (Phi) is 11.3. The van der Waals surface area contributed by atoms with Crippen molar-refractivity contribution in [3.63, 3.8) is 0 Å². The summed E-state index contributed by atoms with van der Waals surface area (Å²) in [6, 6.07) is 19.6. The highest BCUT2D eigenvalue weighted by molar-refractivity contribution is 7.92. The number of sulfonamides is 1. The first-order chi connectivity index (χ1) is 18.9. The second-order valence-corrected chi connectivity index (χ2v) is 12.7. The fourth-order valence-electron chi connectivity index (χ4n) is 4.05. The first kappa shape index (κ1) is 31.7. The molecule has 0 saturated heterocycles. The summed E-state index contributed by atoms with van der Waals surface area (Å²) in [5.41, 5.74) is 1.64. The molecular weight excluding hydrogens is 593 g/mol. The summed E-state index contributed by atoms with van der Waals surface area (Å²) < 4.78 is 26.7. The van der Waals surface area contributed by atoms with E-state index in [2.05, 4.69) is 5.32 Å². The van der Waals surface area contributed by atoms with Gasteiger partial charge in [0.1, 0.15) is 12.6 Å². The van der Waals surface area contributed by atoms with Gasteiger partial charge in [-0.15, -0.1) is 0 Å². The van der Waals surface area contributed by atoms with Crippen molar-refractivity contribution < 1.29 is 18.0 Å². The van der Waals surface area contributed by atoms with E-state index in [1.54, 1.807) is 24.3 Å². The van der Waals surface area contributed by atoms with Gasteiger partial charge < -0.3 is 10.2 Å². The Labute approximate surface area is 251 Å². The number of hydrogen-bond acceptors (Lipinski definition) is 4. The van der Waals surface area contributed by atoms with Gasteiger partial charge in [0, 0.05) is 29.1 Å². The van der Waals surface area contributed by atoms with Crippen LogP contribution in [0.3, 0.4) is 0 Å². The first-order valence-corrected chi connectivity index (χ1v) is 15.7. The molecule has 3 aromatic rings.